The lowest BCUT2D eigenvalue weighted by atomic mass is 10.1. The number of esters is 1. The van der Waals surface area contributed by atoms with E-state index in [1.165, 1.54) is 7.11 Å². The molecule has 2 rings (SSSR count). The molecule has 0 aromatic heterocycles. The highest BCUT2D eigenvalue weighted by atomic mass is 32.2. The van der Waals surface area contributed by atoms with Gasteiger partial charge >= 0.3 is 5.97 Å². The standard InChI is InChI=1S/C19H23NO5S/c1-14(16-7-5-4-6-8-16)26(22,23)20-18(19(21)25-3)13-15-9-11-17(24-2)12-10-15/h4-12,14,18,20H,13H2,1-3H3/t14-,18?/m0/s1. The molecular formula is C19H23NO5S. The molecule has 2 aromatic rings. The Morgan fingerprint density at radius 3 is 2.19 bits per heavy atom. The van der Waals surface area contributed by atoms with Gasteiger partial charge in [-0.05, 0) is 36.6 Å². The lowest BCUT2D eigenvalue weighted by Crippen LogP contribution is -2.44. The first-order chi connectivity index (χ1) is 12.4. The van der Waals surface area contributed by atoms with Gasteiger partial charge < -0.3 is 9.47 Å². The second-order valence-electron chi connectivity index (χ2n) is 5.84. The van der Waals surface area contributed by atoms with Gasteiger partial charge in [0.2, 0.25) is 10.0 Å². The Labute approximate surface area is 154 Å². The molecule has 1 unspecified atom stereocenters. The van der Waals surface area contributed by atoms with E-state index >= 15 is 0 Å². The van der Waals surface area contributed by atoms with Crippen LogP contribution < -0.4 is 9.46 Å². The van der Waals surface area contributed by atoms with Gasteiger partial charge in [-0.1, -0.05) is 42.5 Å². The van der Waals surface area contributed by atoms with Gasteiger partial charge in [0.1, 0.15) is 11.8 Å². The fourth-order valence-electron chi connectivity index (χ4n) is 2.52. The minimum absolute atomic E-state index is 0.178. The summed E-state index contributed by atoms with van der Waals surface area (Å²) in [6, 6.07) is 14.9. The quantitative estimate of drug-likeness (QED) is 0.715. The number of carbonyl (C=O) groups is 1. The predicted molar refractivity (Wildman–Crippen MR) is 99.4 cm³/mol. The van der Waals surface area contributed by atoms with Crippen LogP contribution in [0.3, 0.4) is 0 Å². The van der Waals surface area contributed by atoms with Crippen LogP contribution in [-0.2, 0) is 26.0 Å². The summed E-state index contributed by atoms with van der Waals surface area (Å²) < 4.78 is 37.8. The fraction of sp³-hybridized carbons (Fsp3) is 0.316. The first-order valence-electron chi connectivity index (χ1n) is 8.14. The molecule has 2 atom stereocenters. The summed E-state index contributed by atoms with van der Waals surface area (Å²) in [5.41, 5.74) is 1.43. The zero-order chi connectivity index (χ0) is 19.2. The summed E-state index contributed by atoms with van der Waals surface area (Å²) in [5, 5.41) is -0.799. The third kappa shape index (κ3) is 5.06. The molecule has 0 aliphatic heterocycles. The molecular weight excluding hydrogens is 354 g/mol. The number of rotatable bonds is 8. The second-order valence-corrected chi connectivity index (χ2v) is 7.88. The number of sulfonamides is 1. The molecule has 0 spiro atoms. The van der Waals surface area contributed by atoms with E-state index in [2.05, 4.69) is 4.72 Å². The highest BCUT2D eigenvalue weighted by Crippen LogP contribution is 2.21. The third-order valence-electron chi connectivity index (χ3n) is 4.13. The number of carbonyl (C=O) groups excluding carboxylic acids is 1. The Morgan fingerprint density at radius 1 is 1.04 bits per heavy atom. The normalized spacial score (nSPS) is 13.7. The summed E-state index contributed by atoms with van der Waals surface area (Å²) in [6.07, 6.45) is 0.178. The van der Waals surface area contributed by atoms with Crippen molar-refractivity contribution in [2.75, 3.05) is 14.2 Å². The molecule has 26 heavy (non-hydrogen) atoms. The van der Waals surface area contributed by atoms with Crippen molar-refractivity contribution in [2.24, 2.45) is 0 Å². The Kier molecular flexibility index (Phi) is 6.76. The van der Waals surface area contributed by atoms with E-state index in [1.54, 1.807) is 62.6 Å². The van der Waals surface area contributed by atoms with Crippen LogP contribution in [0.15, 0.2) is 54.6 Å². The summed E-state index contributed by atoms with van der Waals surface area (Å²) in [6.45, 7) is 1.58. The van der Waals surface area contributed by atoms with Crippen molar-refractivity contribution in [3.63, 3.8) is 0 Å². The first kappa shape index (κ1) is 19.9. The molecule has 0 aliphatic carbocycles. The Hall–Kier alpha value is -2.38. The SMILES string of the molecule is COC(=O)C(Cc1ccc(OC)cc1)NS(=O)(=O)[C@@H](C)c1ccccc1. The highest BCUT2D eigenvalue weighted by Gasteiger charge is 2.30. The van der Waals surface area contributed by atoms with Gasteiger partial charge in [0.05, 0.1) is 19.5 Å². The third-order valence-corrected chi connectivity index (χ3v) is 5.94. The summed E-state index contributed by atoms with van der Waals surface area (Å²) in [7, 11) is -0.981. The number of benzene rings is 2. The van der Waals surface area contributed by atoms with Crippen LogP contribution in [0.5, 0.6) is 5.75 Å². The van der Waals surface area contributed by atoms with E-state index in [1.807, 2.05) is 6.07 Å². The van der Waals surface area contributed by atoms with Crippen LogP contribution in [0.1, 0.15) is 23.3 Å². The van der Waals surface area contributed by atoms with E-state index in [0.717, 1.165) is 5.56 Å². The minimum Gasteiger partial charge on any atom is -0.497 e. The molecule has 0 saturated carbocycles. The molecule has 0 fully saturated rings. The lowest BCUT2D eigenvalue weighted by molar-refractivity contribution is -0.142. The average Bonchev–Trinajstić information content (AvgIpc) is 2.67. The zero-order valence-electron chi connectivity index (χ0n) is 15.0. The molecule has 1 N–H and O–H groups in total. The Bertz CT molecular complexity index is 819. The molecule has 6 nitrogen and oxygen atoms in total. The zero-order valence-corrected chi connectivity index (χ0v) is 15.8. The highest BCUT2D eigenvalue weighted by molar-refractivity contribution is 7.89. The average molecular weight is 377 g/mol. The van der Waals surface area contributed by atoms with Crippen LogP contribution in [0.4, 0.5) is 0 Å². The second kappa shape index (κ2) is 8.82. The number of nitrogens with one attached hydrogen (secondary N) is 1. The van der Waals surface area contributed by atoms with Crippen molar-refractivity contribution < 1.29 is 22.7 Å². The number of methoxy groups -OCH3 is 2. The smallest absolute Gasteiger partial charge is 0.324 e. The van der Waals surface area contributed by atoms with Gasteiger partial charge in [0.25, 0.3) is 0 Å². The fourth-order valence-corrected chi connectivity index (χ4v) is 3.81. The van der Waals surface area contributed by atoms with Crippen molar-refractivity contribution in [2.45, 2.75) is 24.6 Å². The van der Waals surface area contributed by atoms with Crippen LogP contribution in [-0.4, -0.2) is 34.6 Å². The van der Waals surface area contributed by atoms with Crippen LogP contribution in [0, 0.1) is 0 Å². The lowest BCUT2D eigenvalue weighted by Gasteiger charge is -2.20. The number of ether oxygens (including phenoxy) is 2. The molecule has 7 heteroatoms. The van der Waals surface area contributed by atoms with Crippen LogP contribution >= 0.6 is 0 Å². The molecule has 0 saturated heterocycles. The minimum atomic E-state index is -3.78. The number of hydrogen-bond donors (Lipinski definition) is 1. The molecule has 2 aromatic carbocycles. The van der Waals surface area contributed by atoms with E-state index < -0.39 is 27.3 Å². The topological polar surface area (TPSA) is 81.7 Å². The van der Waals surface area contributed by atoms with Gasteiger partial charge in [0, 0.05) is 0 Å². The monoisotopic (exact) mass is 377 g/mol. The van der Waals surface area contributed by atoms with Gasteiger partial charge in [-0.15, -0.1) is 0 Å². The molecule has 0 amide bonds. The van der Waals surface area contributed by atoms with Gasteiger partial charge in [0.15, 0.2) is 0 Å². The van der Waals surface area contributed by atoms with Crippen molar-refractivity contribution in [3.8, 4) is 5.75 Å². The van der Waals surface area contributed by atoms with Crippen molar-refractivity contribution in [1.82, 2.24) is 4.72 Å². The van der Waals surface area contributed by atoms with Crippen molar-refractivity contribution in [3.05, 3.63) is 65.7 Å². The summed E-state index contributed by atoms with van der Waals surface area (Å²) >= 11 is 0. The van der Waals surface area contributed by atoms with Gasteiger partial charge in [-0.25, -0.2) is 13.1 Å². The maximum Gasteiger partial charge on any atom is 0.324 e. The van der Waals surface area contributed by atoms with Gasteiger partial charge in [-0.3, -0.25) is 4.79 Å². The Balaban J connectivity index is 2.19. The van der Waals surface area contributed by atoms with Crippen LogP contribution in [0.25, 0.3) is 0 Å². The molecule has 0 aliphatic rings. The molecule has 0 radical (unpaired) electrons. The van der Waals surface area contributed by atoms with Crippen molar-refractivity contribution in [1.29, 1.82) is 0 Å². The summed E-state index contributed by atoms with van der Waals surface area (Å²) in [4.78, 5) is 12.1. The van der Waals surface area contributed by atoms with E-state index in [9.17, 15) is 13.2 Å². The maximum absolute atomic E-state index is 12.7. The summed E-state index contributed by atoms with van der Waals surface area (Å²) in [5.74, 6) is 0.0475. The molecule has 140 valence electrons. The largest absolute Gasteiger partial charge is 0.497 e. The molecule has 0 bridgehead atoms. The maximum atomic E-state index is 12.7. The van der Waals surface area contributed by atoms with Crippen LogP contribution in [0.2, 0.25) is 0 Å². The van der Waals surface area contributed by atoms with E-state index in [4.69, 9.17) is 9.47 Å². The van der Waals surface area contributed by atoms with E-state index in [-0.39, 0.29) is 6.42 Å². The first-order valence-corrected chi connectivity index (χ1v) is 9.69. The van der Waals surface area contributed by atoms with Gasteiger partial charge in [-0.2, -0.15) is 0 Å². The molecule has 0 heterocycles. The predicted octanol–water partition coefficient (Wildman–Crippen LogP) is 2.46. The van der Waals surface area contributed by atoms with Crippen molar-refractivity contribution >= 4 is 16.0 Å². The number of hydrogen-bond acceptors (Lipinski definition) is 5. The van der Waals surface area contributed by atoms with E-state index in [0.29, 0.717) is 11.3 Å². The Morgan fingerprint density at radius 2 is 1.65 bits per heavy atom.